The van der Waals surface area contributed by atoms with Gasteiger partial charge in [-0.05, 0) is 43.5 Å². The van der Waals surface area contributed by atoms with Crippen LogP contribution in [0.5, 0.6) is 0 Å². The van der Waals surface area contributed by atoms with Crippen LogP contribution in [0, 0.1) is 0 Å². The topological polar surface area (TPSA) is 63.1 Å². The molecule has 1 aromatic carbocycles. The van der Waals surface area contributed by atoms with E-state index in [1.165, 1.54) is 18.3 Å². The average Bonchev–Trinajstić information content (AvgIpc) is 3.02. The molecule has 140 valence electrons. The minimum atomic E-state index is 0.125. The van der Waals surface area contributed by atoms with Gasteiger partial charge >= 0.3 is 0 Å². The van der Waals surface area contributed by atoms with Crippen LogP contribution >= 0.6 is 11.6 Å². The van der Waals surface area contributed by atoms with E-state index in [9.17, 15) is 4.79 Å². The Hall–Kier alpha value is -1.92. The number of likely N-dealkylation sites (tertiary alicyclic amines) is 1. The summed E-state index contributed by atoms with van der Waals surface area (Å²) in [5.41, 5.74) is 1.22. The lowest BCUT2D eigenvalue weighted by Gasteiger charge is -2.25. The summed E-state index contributed by atoms with van der Waals surface area (Å²) in [5.74, 6) is 0.125. The molecule has 26 heavy (non-hydrogen) atoms. The third-order valence-electron chi connectivity index (χ3n) is 4.67. The number of carbonyl (C=O) groups excluding carboxylic acids is 1. The Labute approximate surface area is 159 Å². The van der Waals surface area contributed by atoms with Crippen LogP contribution in [0.1, 0.15) is 37.7 Å². The van der Waals surface area contributed by atoms with Crippen LogP contribution in [-0.2, 0) is 17.9 Å². The molecule has 0 saturated carbocycles. The van der Waals surface area contributed by atoms with E-state index in [-0.39, 0.29) is 11.9 Å². The first-order chi connectivity index (χ1) is 12.7. The number of aromatic nitrogens is 3. The summed E-state index contributed by atoms with van der Waals surface area (Å²) < 4.78 is 1.76. The van der Waals surface area contributed by atoms with Gasteiger partial charge in [0.15, 0.2) is 0 Å². The standard InChI is InChI=1S/C19H26ClN5O/c20-17-6-3-5-16(11-17)12-24-9-2-1-7-18(13-24)23-19(26)8-4-10-25-15-21-14-22-25/h3,5-6,11,14-15,18H,1-2,4,7-10,12-13H2,(H,23,26). The molecule has 0 spiro atoms. The normalized spacial score (nSPS) is 18.4. The molecule has 1 saturated heterocycles. The van der Waals surface area contributed by atoms with E-state index in [1.807, 2.05) is 18.2 Å². The molecule has 1 fully saturated rings. The Kier molecular flexibility index (Phi) is 7.03. The first-order valence-corrected chi connectivity index (χ1v) is 9.65. The Balaban J connectivity index is 1.45. The zero-order valence-corrected chi connectivity index (χ0v) is 15.7. The molecule has 1 N–H and O–H groups in total. The third-order valence-corrected chi connectivity index (χ3v) is 4.91. The van der Waals surface area contributed by atoms with Crippen molar-refractivity contribution in [2.24, 2.45) is 0 Å². The molecule has 2 heterocycles. The van der Waals surface area contributed by atoms with Crippen molar-refractivity contribution in [3.05, 3.63) is 47.5 Å². The van der Waals surface area contributed by atoms with Gasteiger partial charge in [0.2, 0.25) is 5.91 Å². The highest BCUT2D eigenvalue weighted by Gasteiger charge is 2.20. The number of halogens is 1. The number of amides is 1. The Morgan fingerprint density at radius 3 is 3.08 bits per heavy atom. The second-order valence-electron chi connectivity index (χ2n) is 6.89. The van der Waals surface area contributed by atoms with Gasteiger partial charge in [-0.1, -0.05) is 30.2 Å². The minimum absolute atomic E-state index is 0.125. The van der Waals surface area contributed by atoms with Crippen molar-refractivity contribution >= 4 is 17.5 Å². The lowest BCUT2D eigenvalue weighted by Crippen LogP contribution is -2.42. The maximum Gasteiger partial charge on any atom is 0.220 e. The van der Waals surface area contributed by atoms with Gasteiger partial charge in [0.1, 0.15) is 12.7 Å². The van der Waals surface area contributed by atoms with Gasteiger partial charge in [-0.2, -0.15) is 5.10 Å². The van der Waals surface area contributed by atoms with Crippen LogP contribution in [0.4, 0.5) is 0 Å². The number of aryl methyl sites for hydroxylation is 1. The first-order valence-electron chi connectivity index (χ1n) is 9.27. The lowest BCUT2D eigenvalue weighted by atomic mass is 10.1. The average molecular weight is 376 g/mol. The van der Waals surface area contributed by atoms with E-state index in [0.717, 1.165) is 50.5 Å². The number of nitrogens with one attached hydrogen (secondary N) is 1. The number of nitrogens with zero attached hydrogens (tertiary/aromatic N) is 4. The Bertz CT molecular complexity index is 691. The van der Waals surface area contributed by atoms with Gasteiger partial charge < -0.3 is 5.32 Å². The molecule has 0 bridgehead atoms. The molecular weight excluding hydrogens is 350 g/mol. The third kappa shape index (κ3) is 6.11. The molecule has 2 aromatic rings. The second-order valence-corrected chi connectivity index (χ2v) is 7.32. The van der Waals surface area contributed by atoms with Gasteiger partial charge in [0.25, 0.3) is 0 Å². The fourth-order valence-corrected chi connectivity index (χ4v) is 3.64. The van der Waals surface area contributed by atoms with E-state index < -0.39 is 0 Å². The van der Waals surface area contributed by atoms with Crippen molar-refractivity contribution in [2.75, 3.05) is 13.1 Å². The van der Waals surface area contributed by atoms with E-state index in [1.54, 1.807) is 11.0 Å². The molecular formula is C19H26ClN5O. The predicted molar refractivity (Wildman–Crippen MR) is 102 cm³/mol. The fourth-order valence-electron chi connectivity index (χ4n) is 3.42. The van der Waals surface area contributed by atoms with Crippen molar-refractivity contribution in [3.63, 3.8) is 0 Å². The highest BCUT2D eigenvalue weighted by molar-refractivity contribution is 6.30. The maximum atomic E-state index is 12.3. The second kappa shape index (κ2) is 9.69. The summed E-state index contributed by atoms with van der Waals surface area (Å²) in [4.78, 5) is 18.6. The zero-order valence-electron chi connectivity index (χ0n) is 15.0. The smallest absolute Gasteiger partial charge is 0.220 e. The molecule has 1 atom stereocenters. The Morgan fingerprint density at radius 1 is 1.35 bits per heavy atom. The van der Waals surface area contributed by atoms with Crippen LogP contribution in [-0.4, -0.2) is 44.7 Å². The van der Waals surface area contributed by atoms with E-state index in [0.29, 0.717) is 6.42 Å². The van der Waals surface area contributed by atoms with Crippen LogP contribution in [0.2, 0.25) is 5.02 Å². The minimum Gasteiger partial charge on any atom is -0.352 e. The highest BCUT2D eigenvalue weighted by atomic mass is 35.5. The van der Waals surface area contributed by atoms with Gasteiger partial charge in [-0.15, -0.1) is 0 Å². The van der Waals surface area contributed by atoms with Gasteiger partial charge in [-0.25, -0.2) is 4.98 Å². The molecule has 0 aliphatic carbocycles. The first kappa shape index (κ1) is 18.9. The number of rotatable bonds is 7. The number of hydrogen-bond donors (Lipinski definition) is 1. The van der Waals surface area contributed by atoms with Crippen LogP contribution in [0.3, 0.4) is 0 Å². The summed E-state index contributed by atoms with van der Waals surface area (Å²) in [6.45, 7) is 3.55. The summed E-state index contributed by atoms with van der Waals surface area (Å²) in [5, 5.41) is 8.04. The Morgan fingerprint density at radius 2 is 2.27 bits per heavy atom. The monoisotopic (exact) mass is 375 g/mol. The van der Waals surface area contributed by atoms with Crippen molar-refractivity contribution in [3.8, 4) is 0 Å². The van der Waals surface area contributed by atoms with Crippen LogP contribution in [0.15, 0.2) is 36.9 Å². The number of hydrogen-bond acceptors (Lipinski definition) is 4. The highest BCUT2D eigenvalue weighted by Crippen LogP contribution is 2.16. The van der Waals surface area contributed by atoms with Crippen LogP contribution < -0.4 is 5.32 Å². The number of carbonyl (C=O) groups is 1. The molecule has 1 unspecified atom stereocenters. The quantitative estimate of drug-likeness (QED) is 0.808. The van der Waals surface area contributed by atoms with Crippen LogP contribution in [0.25, 0.3) is 0 Å². The SMILES string of the molecule is O=C(CCCn1cncn1)NC1CCCCN(Cc2cccc(Cl)c2)C1. The molecule has 0 radical (unpaired) electrons. The molecule has 1 aromatic heterocycles. The summed E-state index contributed by atoms with van der Waals surface area (Å²) >= 11 is 6.09. The van der Waals surface area contributed by atoms with Gasteiger partial charge in [-0.3, -0.25) is 14.4 Å². The lowest BCUT2D eigenvalue weighted by molar-refractivity contribution is -0.122. The summed E-state index contributed by atoms with van der Waals surface area (Å²) in [7, 11) is 0. The molecule has 7 heteroatoms. The maximum absolute atomic E-state index is 12.3. The molecule has 1 aliphatic heterocycles. The molecule has 3 rings (SSSR count). The van der Waals surface area contributed by atoms with Gasteiger partial charge in [0.05, 0.1) is 0 Å². The molecule has 1 aliphatic rings. The predicted octanol–water partition coefficient (Wildman–Crippen LogP) is 2.88. The number of benzene rings is 1. The van der Waals surface area contributed by atoms with E-state index in [4.69, 9.17) is 11.6 Å². The van der Waals surface area contributed by atoms with Gasteiger partial charge in [0, 0.05) is 37.1 Å². The zero-order chi connectivity index (χ0) is 18.2. The fraction of sp³-hybridized carbons (Fsp3) is 0.526. The van der Waals surface area contributed by atoms with Crippen molar-refractivity contribution in [2.45, 2.75) is 51.2 Å². The largest absolute Gasteiger partial charge is 0.352 e. The van der Waals surface area contributed by atoms with Crippen molar-refractivity contribution < 1.29 is 4.79 Å². The molecule has 1 amide bonds. The summed E-state index contributed by atoms with van der Waals surface area (Å²) in [6.07, 6.45) is 7.84. The van der Waals surface area contributed by atoms with E-state index >= 15 is 0 Å². The molecule has 6 nitrogen and oxygen atoms in total. The van der Waals surface area contributed by atoms with Crippen molar-refractivity contribution in [1.29, 1.82) is 0 Å². The summed E-state index contributed by atoms with van der Waals surface area (Å²) in [6, 6.07) is 8.23. The van der Waals surface area contributed by atoms with E-state index in [2.05, 4.69) is 26.4 Å². The van der Waals surface area contributed by atoms with Crippen molar-refractivity contribution in [1.82, 2.24) is 25.0 Å².